The summed E-state index contributed by atoms with van der Waals surface area (Å²) >= 11 is 6.18. The van der Waals surface area contributed by atoms with Gasteiger partial charge in [0.05, 0.1) is 18.2 Å². The van der Waals surface area contributed by atoms with Crippen molar-refractivity contribution in [1.82, 2.24) is 4.98 Å². The fourth-order valence-corrected chi connectivity index (χ4v) is 2.89. The molecule has 2 rings (SSSR count). The standard InChI is InChI=1S/C15H20ClNO/c1-10-9-17-14(11(2)15(10)18-3)8-12-5-4-6-13(16)7-12/h7,9,13H,4-6,8H2,1-3H3. The first-order valence-corrected chi connectivity index (χ1v) is 6.88. The van der Waals surface area contributed by atoms with Crippen LogP contribution in [0.5, 0.6) is 5.75 Å². The van der Waals surface area contributed by atoms with Gasteiger partial charge in [0.2, 0.25) is 0 Å². The molecular formula is C15H20ClNO. The van der Waals surface area contributed by atoms with Gasteiger partial charge in [-0.25, -0.2) is 0 Å². The van der Waals surface area contributed by atoms with Crippen LogP contribution >= 0.6 is 11.6 Å². The zero-order valence-electron chi connectivity index (χ0n) is 11.3. The van der Waals surface area contributed by atoms with E-state index in [9.17, 15) is 0 Å². The number of nitrogens with zero attached hydrogens (tertiary/aromatic N) is 1. The normalized spacial score (nSPS) is 19.6. The summed E-state index contributed by atoms with van der Waals surface area (Å²) in [6, 6.07) is 0. The number of rotatable bonds is 3. The summed E-state index contributed by atoms with van der Waals surface area (Å²) in [7, 11) is 1.72. The van der Waals surface area contributed by atoms with Crippen LogP contribution in [0, 0.1) is 13.8 Å². The summed E-state index contributed by atoms with van der Waals surface area (Å²) in [5.41, 5.74) is 4.75. The molecule has 0 saturated heterocycles. The molecule has 0 spiro atoms. The largest absolute Gasteiger partial charge is 0.496 e. The zero-order chi connectivity index (χ0) is 13.1. The van der Waals surface area contributed by atoms with E-state index in [0.717, 1.165) is 41.8 Å². The molecule has 0 bridgehead atoms. The quantitative estimate of drug-likeness (QED) is 0.609. The van der Waals surface area contributed by atoms with Crippen molar-refractivity contribution in [3.05, 3.63) is 34.7 Å². The van der Waals surface area contributed by atoms with Gasteiger partial charge in [0.1, 0.15) is 5.75 Å². The van der Waals surface area contributed by atoms with Crippen LogP contribution in [0.15, 0.2) is 17.8 Å². The molecule has 1 aromatic heterocycles. The minimum atomic E-state index is 0.196. The van der Waals surface area contributed by atoms with E-state index in [1.165, 1.54) is 12.0 Å². The summed E-state index contributed by atoms with van der Waals surface area (Å²) in [5, 5.41) is 0.196. The maximum Gasteiger partial charge on any atom is 0.128 e. The number of hydrogen-bond donors (Lipinski definition) is 0. The first kappa shape index (κ1) is 13.4. The van der Waals surface area contributed by atoms with Crippen LogP contribution in [0.25, 0.3) is 0 Å². The number of pyridine rings is 1. The van der Waals surface area contributed by atoms with E-state index in [0.29, 0.717) is 0 Å². The minimum absolute atomic E-state index is 0.196. The van der Waals surface area contributed by atoms with Gasteiger partial charge in [-0.05, 0) is 33.1 Å². The lowest BCUT2D eigenvalue weighted by Gasteiger charge is -2.18. The summed E-state index contributed by atoms with van der Waals surface area (Å²) in [6.07, 6.45) is 8.39. The van der Waals surface area contributed by atoms with Crippen molar-refractivity contribution in [3.63, 3.8) is 0 Å². The van der Waals surface area contributed by atoms with E-state index in [4.69, 9.17) is 16.3 Å². The van der Waals surface area contributed by atoms with Gasteiger partial charge in [-0.15, -0.1) is 11.6 Å². The SMILES string of the molecule is COc1c(C)cnc(CC2=CC(Cl)CCC2)c1C. The van der Waals surface area contributed by atoms with Crippen molar-refractivity contribution < 1.29 is 4.74 Å². The molecule has 2 nitrogen and oxygen atoms in total. The molecule has 0 amide bonds. The number of aryl methyl sites for hydroxylation is 1. The number of alkyl halides is 1. The molecule has 3 heteroatoms. The van der Waals surface area contributed by atoms with Crippen LogP contribution in [0.4, 0.5) is 0 Å². The van der Waals surface area contributed by atoms with Crippen LogP contribution < -0.4 is 4.74 Å². The third kappa shape index (κ3) is 2.86. The van der Waals surface area contributed by atoms with Crippen LogP contribution in [0.2, 0.25) is 0 Å². The highest BCUT2D eigenvalue weighted by Gasteiger charge is 2.15. The lowest BCUT2D eigenvalue weighted by atomic mass is 9.94. The van der Waals surface area contributed by atoms with Crippen LogP contribution in [-0.4, -0.2) is 17.5 Å². The average Bonchev–Trinajstić information content (AvgIpc) is 2.34. The number of allylic oxidation sites excluding steroid dienone is 2. The van der Waals surface area contributed by atoms with Gasteiger partial charge in [0, 0.05) is 23.7 Å². The first-order chi connectivity index (χ1) is 8.61. The topological polar surface area (TPSA) is 22.1 Å². The first-order valence-electron chi connectivity index (χ1n) is 6.44. The summed E-state index contributed by atoms with van der Waals surface area (Å²) in [4.78, 5) is 4.54. The Kier molecular flexibility index (Phi) is 4.28. The van der Waals surface area contributed by atoms with E-state index < -0.39 is 0 Å². The second kappa shape index (κ2) is 5.75. The van der Waals surface area contributed by atoms with Crippen molar-refractivity contribution in [1.29, 1.82) is 0 Å². The molecule has 98 valence electrons. The number of aromatic nitrogens is 1. The Labute approximate surface area is 114 Å². The van der Waals surface area contributed by atoms with Gasteiger partial charge < -0.3 is 4.74 Å². The van der Waals surface area contributed by atoms with Gasteiger partial charge >= 0.3 is 0 Å². The second-order valence-electron chi connectivity index (χ2n) is 4.96. The Morgan fingerprint density at radius 1 is 1.44 bits per heavy atom. The maximum absolute atomic E-state index is 6.18. The van der Waals surface area contributed by atoms with Crippen molar-refractivity contribution in [2.45, 2.75) is 44.9 Å². The molecule has 1 unspecified atom stereocenters. The Bertz CT molecular complexity index is 468. The molecule has 0 saturated carbocycles. The Morgan fingerprint density at radius 3 is 2.89 bits per heavy atom. The van der Waals surface area contributed by atoms with E-state index in [2.05, 4.69) is 18.0 Å². The lowest BCUT2D eigenvalue weighted by molar-refractivity contribution is 0.407. The lowest BCUT2D eigenvalue weighted by Crippen LogP contribution is -2.07. The van der Waals surface area contributed by atoms with Gasteiger partial charge in [0.25, 0.3) is 0 Å². The van der Waals surface area contributed by atoms with Crippen molar-refractivity contribution >= 4 is 11.6 Å². The second-order valence-corrected chi connectivity index (χ2v) is 5.52. The summed E-state index contributed by atoms with van der Waals surface area (Å²) in [6.45, 7) is 4.10. The molecule has 1 aromatic rings. The molecule has 0 aromatic carbocycles. The summed E-state index contributed by atoms with van der Waals surface area (Å²) < 4.78 is 5.44. The van der Waals surface area contributed by atoms with Crippen molar-refractivity contribution in [2.75, 3.05) is 7.11 Å². The van der Waals surface area contributed by atoms with Crippen LogP contribution in [0.1, 0.15) is 36.1 Å². The molecule has 1 aliphatic carbocycles. The molecule has 1 atom stereocenters. The third-order valence-electron chi connectivity index (χ3n) is 3.54. The molecule has 1 heterocycles. The van der Waals surface area contributed by atoms with Crippen molar-refractivity contribution in [3.8, 4) is 5.75 Å². The van der Waals surface area contributed by atoms with Gasteiger partial charge in [0.15, 0.2) is 0 Å². The van der Waals surface area contributed by atoms with Gasteiger partial charge in [-0.3, -0.25) is 4.98 Å². The van der Waals surface area contributed by atoms with E-state index in [-0.39, 0.29) is 5.38 Å². The smallest absolute Gasteiger partial charge is 0.128 e. The predicted octanol–water partition coefficient (Wildman–Crippen LogP) is 3.97. The number of hydrogen-bond acceptors (Lipinski definition) is 2. The van der Waals surface area contributed by atoms with Crippen LogP contribution in [-0.2, 0) is 6.42 Å². The third-order valence-corrected chi connectivity index (χ3v) is 3.88. The fraction of sp³-hybridized carbons (Fsp3) is 0.533. The minimum Gasteiger partial charge on any atom is -0.496 e. The highest BCUT2D eigenvalue weighted by Crippen LogP contribution is 2.28. The highest BCUT2D eigenvalue weighted by atomic mass is 35.5. The maximum atomic E-state index is 6.18. The molecule has 1 aliphatic rings. The zero-order valence-corrected chi connectivity index (χ0v) is 12.0. The molecule has 0 radical (unpaired) electrons. The molecule has 18 heavy (non-hydrogen) atoms. The molecule has 0 aliphatic heterocycles. The summed E-state index contributed by atoms with van der Waals surface area (Å²) in [5.74, 6) is 0.957. The van der Waals surface area contributed by atoms with Crippen LogP contribution in [0.3, 0.4) is 0 Å². The van der Waals surface area contributed by atoms with E-state index in [1.807, 2.05) is 13.1 Å². The Morgan fingerprint density at radius 2 is 2.22 bits per heavy atom. The van der Waals surface area contributed by atoms with E-state index in [1.54, 1.807) is 7.11 Å². The average molecular weight is 266 g/mol. The molecular weight excluding hydrogens is 246 g/mol. The Hall–Kier alpha value is -1.02. The monoisotopic (exact) mass is 265 g/mol. The predicted molar refractivity (Wildman–Crippen MR) is 75.5 cm³/mol. The van der Waals surface area contributed by atoms with E-state index >= 15 is 0 Å². The highest BCUT2D eigenvalue weighted by molar-refractivity contribution is 6.21. The van der Waals surface area contributed by atoms with Gasteiger partial charge in [-0.2, -0.15) is 0 Å². The van der Waals surface area contributed by atoms with Gasteiger partial charge in [-0.1, -0.05) is 11.6 Å². The number of methoxy groups -OCH3 is 1. The molecule has 0 N–H and O–H groups in total. The number of ether oxygens (including phenoxy) is 1. The molecule has 0 fully saturated rings. The Balaban J connectivity index is 2.24. The van der Waals surface area contributed by atoms with Crippen molar-refractivity contribution in [2.24, 2.45) is 0 Å². The fourth-order valence-electron chi connectivity index (χ4n) is 2.56. The number of halogens is 1.